The molecule has 1 aromatic rings. The zero-order chi connectivity index (χ0) is 17.1. The summed E-state index contributed by atoms with van der Waals surface area (Å²) in [6.07, 6.45) is -4.34. The predicted octanol–water partition coefficient (Wildman–Crippen LogP) is 2.58. The fourth-order valence-corrected chi connectivity index (χ4v) is 1.86. The van der Waals surface area contributed by atoms with E-state index in [9.17, 15) is 22.8 Å². The Balaban J connectivity index is 2.71. The maximum atomic E-state index is 12.5. The molecular formula is C15H19F3N2O2. The summed E-state index contributed by atoms with van der Waals surface area (Å²) in [5.41, 5.74) is 3.87. The van der Waals surface area contributed by atoms with Crippen LogP contribution < -0.4 is 11.1 Å². The molecule has 0 saturated carbocycles. The molecule has 0 aromatic heterocycles. The molecular weight excluding hydrogens is 297 g/mol. The monoisotopic (exact) mass is 316 g/mol. The zero-order valence-electron chi connectivity index (χ0n) is 12.6. The van der Waals surface area contributed by atoms with Crippen molar-refractivity contribution in [1.29, 1.82) is 0 Å². The molecule has 0 aliphatic rings. The van der Waals surface area contributed by atoms with Crippen molar-refractivity contribution in [2.75, 3.05) is 0 Å². The van der Waals surface area contributed by atoms with Crippen LogP contribution in [-0.4, -0.2) is 17.4 Å². The molecule has 0 aliphatic carbocycles. The number of halogens is 3. The number of nitrogens with two attached hydrogens (primary N) is 1. The Labute approximate surface area is 126 Å². The van der Waals surface area contributed by atoms with E-state index in [0.29, 0.717) is 5.56 Å². The van der Waals surface area contributed by atoms with E-state index in [4.69, 9.17) is 5.73 Å². The largest absolute Gasteiger partial charge is 0.416 e. The number of nitrogens with one attached hydrogen (secondary N) is 1. The van der Waals surface area contributed by atoms with Gasteiger partial charge in [-0.2, -0.15) is 13.2 Å². The van der Waals surface area contributed by atoms with Gasteiger partial charge in [0.15, 0.2) is 0 Å². The van der Waals surface area contributed by atoms with E-state index < -0.39 is 29.1 Å². The van der Waals surface area contributed by atoms with Crippen molar-refractivity contribution >= 4 is 11.8 Å². The molecule has 7 heteroatoms. The number of hydrogen-bond donors (Lipinski definition) is 2. The number of alkyl halides is 3. The van der Waals surface area contributed by atoms with Crippen molar-refractivity contribution in [2.24, 2.45) is 5.73 Å². The molecule has 0 bridgehead atoms. The number of hydrogen-bond acceptors (Lipinski definition) is 2. The fraction of sp³-hybridized carbons (Fsp3) is 0.467. The van der Waals surface area contributed by atoms with Crippen LogP contribution in [0.2, 0.25) is 0 Å². The second-order valence-corrected chi connectivity index (χ2v) is 5.76. The molecule has 1 atom stereocenters. The van der Waals surface area contributed by atoms with E-state index in [1.807, 2.05) is 0 Å². The lowest BCUT2D eigenvalue weighted by atomic mass is 9.95. The minimum atomic E-state index is -4.38. The van der Waals surface area contributed by atoms with E-state index in [2.05, 4.69) is 5.32 Å². The maximum Gasteiger partial charge on any atom is 0.416 e. The Kier molecular flexibility index (Phi) is 5.22. The first-order chi connectivity index (χ1) is 9.93. The number of carbonyl (C=O) groups is 2. The third kappa shape index (κ3) is 4.75. The van der Waals surface area contributed by atoms with Crippen molar-refractivity contribution in [3.63, 3.8) is 0 Å². The quantitative estimate of drug-likeness (QED) is 0.876. The van der Waals surface area contributed by atoms with E-state index in [1.54, 1.807) is 6.92 Å². The highest BCUT2D eigenvalue weighted by Gasteiger charge is 2.30. The third-order valence-electron chi connectivity index (χ3n) is 3.37. The minimum absolute atomic E-state index is 0.0437. The molecule has 122 valence electrons. The molecule has 0 unspecified atom stereocenters. The van der Waals surface area contributed by atoms with Gasteiger partial charge < -0.3 is 11.1 Å². The lowest BCUT2D eigenvalue weighted by Gasteiger charge is -2.23. The van der Waals surface area contributed by atoms with E-state index in [1.165, 1.54) is 26.0 Å². The van der Waals surface area contributed by atoms with Crippen LogP contribution >= 0.6 is 0 Å². The topological polar surface area (TPSA) is 72.2 Å². The van der Waals surface area contributed by atoms with Crippen LogP contribution in [-0.2, 0) is 15.8 Å². The van der Waals surface area contributed by atoms with Crippen LogP contribution in [0, 0.1) is 0 Å². The molecule has 0 aliphatic heterocycles. The SMILES string of the molecule is C[C@@H](CC(=O)NC(C)(C)C(N)=O)c1ccc(C(F)(F)F)cc1. The molecule has 4 nitrogen and oxygen atoms in total. The normalized spacial score (nSPS) is 13.5. The van der Waals surface area contributed by atoms with Crippen molar-refractivity contribution in [3.8, 4) is 0 Å². The summed E-state index contributed by atoms with van der Waals surface area (Å²) in [5.74, 6) is -1.34. The molecule has 3 N–H and O–H groups in total. The summed E-state index contributed by atoms with van der Waals surface area (Å²) in [6.45, 7) is 4.69. The van der Waals surface area contributed by atoms with Crippen molar-refractivity contribution in [2.45, 2.75) is 44.8 Å². The summed E-state index contributed by atoms with van der Waals surface area (Å²) in [4.78, 5) is 23.0. The predicted molar refractivity (Wildman–Crippen MR) is 75.9 cm³/mol. The standard InChI is InChI=1S/C15H19F3N2O2/c1-9(8-12(21)20-14(2,3)13(19)22)10-4-6-11(7-5-10)15(16,17)18/h4-7,9H,8H2,1-3H3,(H2,19,22)(H,20,21)/t9-/m0/s1. The number of primary amides is 1. The summed E-state index contributed by atoms with van der Waals surface area (Å²) in [6, 6.07) is 4.66. The van der Waals surface area contributed by atoms with Crippen LogP contribution in [0.15, 0.2) is 24.3 Å². The highest BCUT2D eigenvalue weighted by Crippen LogP contribution is 2.30. The second kappa shape index (κ2) is 6.37. The van der Waals surface area contributed by atoms with Gasteiger partial charge in [0.2, 0.25) is 11.8 Å². The molecule has 0 spiro atoms. The Hall–Kier alpha value is -2.05. The lowest BCUT2D eigenvalue weighted by molar-refractivity contribution is -0.137. The molecule has 0 saturated heterocycles. The van der Waals surface area contributed by atoms with Crippen molar-refractivity contribution in [1.82, 2.24) is 5.32 Å². The third-order valence-corrected chi connectivity index (χ3v) is 3.37. The lowest BCUT2D eigenvalue weighted by Crippen LogP contribution is -2.53. The smallest absolute Gasteiger partial charge is 0.368 e. The summed E-state index contributed by atoms with van der Waals surface area (Å²) in [5, 5.41) is 2.50. The minimum Gasteiger partial charge on any atom is -0.368 e. The van der Waals surface area contributed by atoms with Crippen molar-refractivity contribution < 1.29 is 22.8 Å². The highest BCUT2D eigenvalue weighted by atomic mass is 19.4. The van der Waals surface area contributed by atoms with Crippen LogP contribution in [0.5, 0.6) is 0 Å². The van der Waals surface area contributed by atoms with E-state index >= 15 is 0 Å². The Bertz CT molecular complexity index is 551. The maximum absolute atomic E-state index is 12.5. The first-order valence-electron chi connectivity index (χ1n) is 6.71. The number of rotatable bonds is 5. The average Bonchev–Trinajstić information content (AvgIpc) is 2.36. The molecule has 1 aromatic carbocycles. The summed E-state index contributed by atoms with van der Waals surface area (Å²) in [7, 11) is 0. The Morgan fingerprint density at radius 2 is 1.68 bits per heavy atom. The van der Waals surface area contributed by atoms with Gasteiger partial charge in [-0.05, 0) is 37.5 Å². The molecule has 0 heterocycles. The molecule has 0 fully saturated rings. The summed E-state index contributed by atoms with van der Waals surface area (Å²) < 4.78 is 37.5. The molecule has 2 amide bonds. The van der Waals surface area contributed by atoms with Crippen LogP contribution in [0.1, 0.15) is 44.2 Å². The average molecular weight is 316 g/mol. The van der Waals surface area contributed by atoms with Crippen molar-refractivity contribution in [3.05, 3.63) is 35.4 Å². The first kappa shape index (κ1) is 18.0. The molecule has 0 radical (unpaired) electrons. The van der Waals surface area contributed by atoms with Crippen LogP contribution in [0.25, 0.3) is 0 Å². The van der Waals surface area contributed by atoms with Gasteiger partial charge in [-0.15, -0.1) is 0 Å². The second-order valence-electron chi connectivity index (χ2n) is 5.76. The Morgan fingerprint density at radius 1 is 1.18 bits per heavy atom. The van der Waals surface area contributed by atoms with Gasteiger partial charge >= 0.3 is 6.18 Å². The van der Waals surface area contributed by atoms with Gasteiger partial charge in [-0.3, -0.25) is 9.59 Å². The molecule has 22 heavy (non-hydrogen) atoms. The van der Waals surface area contributed by atoms with Gasteiger partial charge in [0, 0.05) is 6.42 Å². The van der Waals surface area contributed by atoms with Gasteiger partial charge in [0.05, 0.1) is 5.56 Å². The number of carbonyl (C=O) groups excluding carboxylic acids is 2. The van der Waals surface area contributed by atoms with Gasteiger partial charge in [0.25, 0.3) is 0 Å². The molecule has 1 rings (SSSR count). The van der Waals surface area contributed by atoms with Gasteiger partial charge in [-0.1, -0.05) is 19.1 Å². The number of amides is 2. The highest BCUT2D eigenvalue weighted by molar-refractivity contribution is 5.89. The van der Waals surface area contributed by atoms with E-state index in [0.717, 1.165) is 12.1 Å². The fourth-order valence-electron chi connectivity index (χ4n) is 1.86. The zero-order valence-corrected chi connectivity index (χ0v) is 12.6. The van der Waals surface area contributed by atoms with Crippen LogP contribution in [0.3, 0.4) is 0 Å². The first-order valence-corrected chi connectivity index (χ1v) is 6.71. The van der Waals surface area contributed by atoms with Crippen LogP contribution in [0.4, 0.5) is 13.2 Å². The Morgan fingerprint density at radius 3 is 2.09 bits per heavy atom. The van der Waals surface area contributed by atoms with E-state index in [-0.39, 0.29) is 12.3 Å². The van der Waals surface area contributed by atoms with Gasteiger partial charge in [-0.25, -0.2) is 0 Å². The number of benzene rings is 1. The van der Waals surface area contributed by atoms with Gasteiger partial charge in [0.1, 0.15) is 5.54 Å². The summed E-state index contributed by atoms with van der Waals surface area (Å²) >= 11 is 0.